The van der Waals surface area contributed by atoms with Crippen molar-refractivity contribution in [1.82, 2.24) is 15.0 Å². The van der Waals surface area contributed by atoms with E-state index in [9.17, 15) is 0 Å². The minimum Gasteiger partial charge on any atom is -0.467 e. The van der Waals surface area contributed by atoms with Crippen molar-refractivity contribution in [2.24, 2.45) is 0 Å². The summed E-state index contributed by atoms with van der Waals surface area (Å²) in [5, 5.41) is 3.11. The first-order chi connectivity index (χ1) is 9.10. The molecule has 0 unspecified atom stereocenters. The molecule has 0 amide bonds. The number of aromatic nitrogens is 3. The third-order valence-electron chi connectivity index (χ3n) is 2.45. The highest BCUT2D eigenvalue weighted by molar-refractivity contribution is 5.73. The zero-order chi connectivity index (χ0) is 13.8. The number of hydrogen-bond acceptors (Lipinski definition) is 7. The van der Waals surface area contributed by atoms with Crippen LogP contribution in [0.2, 0.25) is 0 Å². The topological polar surface area (TPSA) is 89.2 Å². The van der Waals surface area contributed by atoms with Crippen LogP contribution in [0.4, 0.5) is 23.3 Å². The van der Waals surface area contributed by atoms with E-state index in [4.69, 9.17) is 10.5 Å². The van der Waals surface area contributed by atoms with Crippen molar-refractivity contribution in [1.29, 1.82) is 0 Å². The molecule has 0 fully saturated rings. The maximum atomic E-state index is 5.59. The van der Waals surface area contributed by atoms with E-state index in [1.54, 1.807) is 0 Å². The highest BCUT2D eigenvalue weighted by Crippen LogP contribution is 2.26. The predicted octanol–water partition coefficient (Wildman–Crippen LogP) is 1.27. The molecular formula is C12H16N6O. The maximum Gasteiger partial charge on any atom is 0.322 e. The van der Waals surface area contributed by atoms with Gasteiger partial charge in [0.05, 0.1) is 18.5 Å². The van der Waals surface area contributed by atoms with Gasteiger partial charge in [-0.3, -0.25) is 0 Å². The lowest BCUT2D eigenvalue weighted by Crippen LogP contribution is -2.12. The number of anilines is 4. The number of nitrogen functional groups attached to an aromatic ring is 1. The lowest BCUT2D eigenvalue weighted by molar-refractivity contribution is 0.380. The average molecular weight is 260 g/mol. The smallest absolute Gasteiger partial charge is 0.322 e. The Morgan fingerprint density at radius 1 is 1.16 bits per heavy atom. The van der Waals surface area contributed by atoms with Gasteiger partial charge in [-0.1, -0.05) is 12.1 Å². The zero-order valence-corrected chi connectivity index (χ0v) is 11.1. The Labute approximate surface area is 111 Å². The largest absolute Gasteiger partial charge is 0.467 e. The molecule has 0 bridgehead atoms. The molecule has 0 aliphatic heterocycles. The molecule has 0 aliphatic rings. The minimum absolute atomic E-state index is 0.108. The second-order valence-corrected chi connectivity index (χ2v) is 4.04. The Bertz CT molecular complexity index is 572. The molecule has 2 rings (SSSR count). The van der Waals surface area contributed by atoms with Crippen LogP contribution in [-0.4, -0.2) is 36.2 Å². The molecule has 1 heterocycles. The maximum absolute atomic E-state index is 5.59. The van der Waals surface area contributed by atoms with Gasteiger partial charge >= 0.3 is 6.01 Å². The fourth-order valence-electron chi connectivity index (χ4n) is 1.61. The van der Waals surface area contributed by atoms with Gasteiger partial charge in [0, 0.05) is 14.1 Å². The molecular weight excluding hydrogens is 244 g/mol. The van der Waals surface area contributed by atoms with E-state index in [2.05, 4.69) is 20.3 Å². The summed E-state index contributed by atoms with van der Waals surface area (Å²) in [5.74, 6) is 0.454. The third-order valence-corrected chi connectivity index (χ3v) is 2.45. The summed E-state index contributed by atoms with van der Waals surface area (Å²) in [6, 6.07) is 7.99. The standard InChI is InChI=1S/C12H16N6O/c1-18(2)9-7-5-4-6-8(9)14-11-15-10(13)16-12(17-11)19-3/h4-7H,1-3H3,(H3,13,14,15,16,17). The molecule has 100 valence electrons. The van der Waals surface area contributed by atoms with Crippen LogP contribution in [0.15, 0.2) is 24.3 Å². The van der Waals surface area contributed by atoms with Crippen LogP contribution in [0.3, 0.4) is 0 Å². The fraction of sp³-hybridized carbons (Fsp3) is 0.250. The Balaban J connectivity index is 2.33. The quantitative estimate of drug-likeness (QED) is 0.855. The number of rotatable bonds is 4. The first-order valence-corrected chi connectivity index (χ1v) is 5.69. The number of hydrogen-bond donors (Lipinski definition) is 2. The third kappa shape index (κ3) is 3.01. The SMILES string of the molecule is COc1nc(N)nc(Nc2ccccc2N(C)C)n1. The first kappa shape index (κ1) is 12.9. The van der Waals surface area contributed by atoms with Gasteiger partial charge in [-0.15, -0.1) is 0 Å². The summed E-state index contributed by atoms with van der Waals surface area (Å²) < 4.78 is 4.96. The van der Waals surface area contributed by atoms with Crippen LogP contribution in [0.5, 0.6) is 6.01 Å². The highest BCUT2D eigenvalue weighted by atomic mass is 16.5. The van der Waals surface area contributed by atoms with Gasteiger partial charge in [0.25, 0.3) is 0 Å². The zero-order valence-electron chi connectivity index (χ0n) is 11.1. The number of ether oxygens (including phenoxy) is 1. The fourth-order valence-corrected chi connectivity index (χ4v) is 1.61. The molecule has 1 aromatic carbocycles. The molecule has 0 aliphatic carbocycles. The summed E-state index contributed by atoms with van der Waals surface area (Å²) in [5.41, 5.74) is 7.48. The minimum atomic E-state index is 0.108. The van der Waals surface area contributed by atoms with Crippen molar-refractivity contribution in [2.75, 3.05) is 37.2 Å². The first-order valence-electron chi connectivity index (χ1n) is 5.69. The van der Waals surface area contributed by atoms with Crippen molar-refractivity contribution in [2.45, 2.75) is 0 Å². The van der Waals surface area contributed by atoms with Crippen molar-refractivity contribution < 1.29 is 4.74 Å². The van der Waals surface area contributed by atoms with E-state index in [1.165, 1.54) is 7.11 Å². The molecule has 2 aromatic rings. The van der Waals surface area contributed by atoms with E-state index in [1.807, 2.05) is 43.3 Å². The van der Waals surface area contributed by atoms with Gasteiger partial charge in [-0.2, -0.15) is 15.0 Å². The molecule has 3 N–H and O–H groups in total. The molecule has 7 heteroatoms. The van der Waals surface area contributed by atoms with Crippen molar-refractivity contribution in [3.05, 3.63) is 24.3 Å². The number of nitrogens with two attached hydrogens (primary N) is 1. The molecule has 0 saturated heterocycles. The van der Waals surface area contributed by atoms with Gasteiger partial charge in [-0.25, -0.2) is 0 Å². The van der Waals surface area contributed by atoms with E-state index in [0.29, 0.717) is 5.95 Å². The van der Waals surface area contributed by atoms with Crippen molar-refractivity contribution in [3.8, 4) is 6.01 Å². The highest BCUT2D eigenvalue weighted by Gasteiger charge is 2.08. The molecule has 1 aromatic heterocycles. The molecule has 0 radical (unpaired) electrons. The van der Waals surface area contributed by atoms with E-state index < -0.39 is 0 Å². The van der Waals surface area contributed by atoms with Gasteiger partial charge in [0.1, 0.15) is 0 Å². The molecule has 0 saturated carbocycles. The van der Waals surface area contributed by atoms with E-state index in [0.717, 1.165) is 11.4 Å². The van der Waals surface area contributed by atoms with Crippen LogP contribution in [-0.2, 0) is 0 Å². The number of benzene rings is 1. The van der Waals surface area contributed by atoms with Crippen LogP contribution < -0.4 is 20.7 Å². The van der Waals surface area contributed by atoms with Gasteiger partial charge < -0.3 is 20.7 Å². The van der Waals surface area contributed by atoms with Crippen LogP contribution in [0.25, 0.3) is 0 Å². The number of methoxy groups -OCH3 is 1. The summed E-state index contributed by atoms with van der Waals surface area (Å²) in [4.78, 5) is 13.9. The van der Waals surface area contributed by atoms with Crippen LogP contribution >= 0.6 is 0 Å². The lowest BCUT2D eigenvalue weighted by Gasteiger charge is -2.17. The number of nitrogens with one attached hydrogen (secondary N) is 1. The monoisotopic (exact) mass is 260 g/mol. The van der Waals surface area contributed by atoms with Crippen LogP contribution in [0.1, 0.15) is 0 Å². The predicted molar refractivity (Wildman–Crippen MR) is 74.8 cm³/mol. The Kier molecular flexibility index (Phi) is 3.65. The summed E-state index contributed by atoms with van der Waals surface area (Å²) in [6.07, 6.45) is 0. The van der Waals surface area contributed by atoms with Crippen LogP contribution in [0, 0.1) is 0 Å². The summed E-state index contributed by atoms with van der Waals surface area (Å²) in [6.45, 7) is 0. The Hall–Kier alpha value is -2.57. The lowest BCUT2D eigenvalue weighted by atomic mass is 10.2. The number of para-hydroxylation sites is 2. The van der Waals surface area contributed by atoms with Gasteiger partial charge in [-0.05, 0) is 12.1 Å². The second kappa shape index (κ2) is 5.38. The van der Waals surface area contributed by atoms with Crippen molar-refractivity contribution >= 4 is 23.3 Å². The van der Waals surface area contributed by atoms with E-state index >= 15 is 0 Å². The molecule has 0 spiro atoms. The normalized spacial score (nSPS) is 10.1. The number of nitrogens with zero attached hydrogens (tertiary/aromatic N) is 4. The summed E-state index contributed by atoms with van der Waals surface area (Å²) >= 11 is 0. The average Bonchev–Trinajstić information content (AvgIpc) is 2.38. The molecule has 0 atom stereocenters. The molecule has 19 heavy (non-hydrogen) atoms. The second-order valence-electron chi connectivity index (χ2n) is 4.04. The van der Waals surface area contributed by atoms with E-state index in [-0.39, 0.29) is 12.0 Å². The van der Waals surface area contributed by atoms with Crippen molar-refractivity contribution in [3.63, 3.8) is 0 Å². The summed E-state index contributed by atoms with van der Waals surface area (Å²) in [7, 11) is 5.40. The Morgan fingerprint density at radius 3 is 2.58 bits per heavy atom. The Morgan fingerprint density at radius 2 is 1.89 bits per heavy atom. The van der Waals surface area contributed by atoms with Gasteiger partial charge in [0.2, 0.25) is 11.9 Å². The molecule has 7 nitrogen and oxygen atoms in total. The van der Waals surface area contributed by atoms with Gasteiger partial charge in [0.15, 0.2) is 0 Å².